The topological polar surface area (TPSA) is 92.6 Å². The number of carbonyl (C=O) groups is 2. The van der Waals surface area contributed by atoms with Crippen LogP contribution in [0.4, 0.5) is 0 Å². The summed E-state index contributed by atoms with van der Waals surface area (Å²) in [6.45, 7) is 4.74. The Hall–Kier alpha value is -1.73. The maximum atomic E-state index is 12.6. The van der Waals surface area contributed by atoms with Gasteiger partial charge in [-0.1, -0.05) is 25.4 Å². The highest BCUT2D eigenvalue weighted by atomic mass is 35.5. The smallest absolute Gasteiger partial charge is 0.306 e. The number of nitrogens with zero attached hydrogens (tertiary/aromatic N) is 3. The average molecular weight is 328 g/mol. The van der Waals surface area contributed by atoms with Crippen LogP contribution in [0.5, 0.6) is 0 Å². The summed E-state index contributed by atoms with van der Waals surface area (Å²) >= 11 is 6.04. The Bertz CT molecular complexity index is 579. The fourth-order valence-corrected chi connectivity index (χ4v) is 2.35. The Morgan fingerprint density at radius 1 is 1.55 bits per heavy atom. The summed E-state index contributed by atoms with van der Waals surface area (Å²) in [7, 11) is 0. The van der Waals surface area contributed by atoms with Gasteiger partial charge < -0.3 is 14.7 Å². The molecule has 1 atom stereocenters. The molecule has 1 saturated heterocycles. The van der Waals surface area contributed by atoms with Gasteiger partial charge in [0.05, 0.1) is 30.4 Å². The molecule has 8 heteroatoms. The summed E-state index contributed by atoms with van der Waals surface area (Å²) in [6, 6.07) is 0. The lowest BCUT2D eigenvalue weighted by atomic mass is 10.2. The number of hydrogen-bond donors (Lipinski definition) is 1. The molecule has 1 amide bonds. The minimum absolute atomic E-state index is 0.0771. The van der Waals surface area contributed by atoms with Crippen LogP contribution in [0.15, 0.2) is 6.20 Å². The van der Waals surface area contributed by atoms with E-state index in [4.69, 9.17) is 21.4 Å². The third-order valence-electron chi connectivity index (χ3n) is 3.31. The fraction of sp³-hybridized carbons (Fsp3) is 0.571. The molecule has 0 saturated carbocycles. The van der Waals surface area contributed by atoms with Crippen LogP contribution >= 0.6 is 11.6 Å². The van der Waals surface area contributed by atoms with E-state index in [0.29, 0.717) is 19.0 Å². The molecule has 1 aromatic rings. The van der Waals surface area contributed by atoms with Gasteiger partial charge in [0.25, 0.3) is 5.91 Å². The van der Waals surface area contributed by atoms with E-state index in [2.05, 4.69) is 9.97 Å². The predicted molar refractivity (Wildman–Crippen MR) is 79.0 cm³/mol. The molecule has 2 heterocycles. The van der Waals surface area contributed by atoms with Crippen molar-refractivity contribution in [2.45, 2.75) is 32.3 Å². The van der Waals surface area contributed by atoms with Crippen molar-refractivity contribution in [2.75, 3.05) is 19.7 Å². The van der Waals surface area contributed by atoms with Crippen molar-refractivity contribution in [1.82, 2.24) is 14.9 Å². The van der Waals surface area contributed by atoms with E-state index in [1.807, 2.05) is 13.8 Å². The van der Waals surface area contributed by atoms with E-state index >= 15 is 0 Å². The molecule has 7 nitrogen and oxygen atoms in total. The van der Waals surface area contributed by atoms with Crippen molar-refractivity contribution in [3.05, 3.63) is 22.7 Å². The molecule has 0 bridgehead atoms. The zero-order chi connectivity index (χ0) is 16.3. The maximum absolute atomic E-state index is 12.6. The first-order valence-corrected chi connectivity index (χ1v) is 7.41. The number of carbonyl (C=O) groups excluding carboxylic acids is 1. The van der Waals surface area contributed by atoms with Gasteiger partial charge in [-0.05, 0) is 0 Å². The van der Waals surface area contributed by atoms with Crippen molar-refractivity contribution < 1.29 is 19.4 Å². The largest absolute Gasteiger partial charge is 0.481 e. The van der Waals surface area contributed by atoms with Gasteiger partial charge >= 0.3 is 5.97 Å². The number of amides is 1. The zero-order valence-corrected chi connectivity index (χ0v) is 13.2. The fourth-order valence-electron chi connectivity index (χ4n) is 2.18. The Balaban J connectivity index is 2.17. The molecule has 0 aromatic carbocycles. The third-order valence-corrected chi connectivity index (χ3v) is 3.59. The van der Waals surface area contributed by atoms with Gasteiger partial charge in [0.15, 0.2) is 5.69 Å². The molecule has 0 radical (unpaired) electrons. The highest BCUT2D eigenvalue weighted by molar-refractivity contribution is 6.33. The van der Waals surface area contributed by atoms with E-state index < -0.39 is 12.1 Å². The van der Waals surface area contributed by atoms with Crippen LogP contribution in [0, 0.1) is 0 Å². The molecule has 2 rings (SSSR count). The summed E-state index contributed by atoms with van der Waals surface area (Å²) in [4.78, 5) is 33.2. The van der Waals surface area contributed by atoms with Crippen LogP contribution < -0.4 is 0 Å². The van der Waals surface area contributed by atoms with Gasteiger partial charge in [-0.15, -0.1) is 0 Å². The third kappa shape index (κ3) is 3.92. The second-order valence-corrected chi connectivity index (χ2v) is 5.83. The van der Waals surface area contributed by atoms with Crippen LogP contribution in [0.3, 0.4) is 0 Å². The number of hydrogen-bond acceptors (Lipinski definition) is 5. The number of aromatic nitrogens is 2. The van der Waals surface area contributed by atoms with E-state index in [0.717, 1.165) is 0 Å². The number of aliphatic carboxylic acids is 1. The van der Waals surface area contributed by atoms with Crippen molar-refractivity contribution in [3.63, 3.8) is 0 Å². The van der Waals surface area contributed by atoms with Gasteiger partial charge in [-0.3, -0.25) is 9.59 Å². The standard InChI is InChI=1S/C14H18ClN3O4/c1-8(2)13-16-6-10(15)12(17-13)14(21)18-3-4-22-9(7-18)5-11(19)20/h6,8-9H,3-5,7H2,1-2H3,(H,19,20)/t9-/m0/s1. The molecule has 1 aliphatic heterocycles. The predicted octanol–water partition coefficient (Wildman–Crippen LogP) is 1.57. The lowest BCUT2D eigenvalue weighted by Crippen LogP contribution is -2.46. The monoisotopic (exact) mass is 327 g/mol. The van der Waals surface area contributed by atoms with Gasteiger partial charge in [-0.2, -0.15) is 0 Å². The van der Waals surface area contributed by atoms with E-state index in [1.54, 1.807) is 0 Å². The highest BCUT2D eigenvalue weighted by Crippen LogP contribution is 2.19. The van der Waals surface area contributed by atoms with E-state index in [9.17, 15) is 9.59 Å². The number of halogens is 1. The molecule has 22 heavy (non-hydrogen) atoms. The first-order valence-electron chi connectivity index (χ1n) is 7.03. The number of ether oxygens (including phenoxy) is 1. The first-order chi connectivity index (χ1) is 10.4. The number of morpholine rings is 1. The molecular weight excluding hydrogens is 310 g/mol. The van der Waals surface area contributed by atoms with Crippen LogP contribution in [0.1, 0.15) is 42.5 Å². The van der Waals surface area contributed by atoms with Crippen molar-refractivity contribution in [2.24, 2.45) is 0 Å². The van der Waals surface area contributed by atoms with Crippen LogP contribution in [-0.2, 0) is 9.53 Å². The molecule has 0 unspecified atom stereocenters. The van der Waals surface area contributed by atoms with Crippen molar-refractivity contribution in [1.29, 1.82) is 0 Å². The molecule has 0 aliphatic carbocycles. The molecule has 1 aliphatic rings. The second-order valence-electron chi connectivity index (χ2n) is 5.42. The maximum Gasteiger partial charge on any atom is 0.306 e. The van der Waals surface area contributed by atoms with E-state index in [-0.39, 0.29) is 35.5 Å². The molecule has 1 fully saturated rings. The van der Waals surface area contributed by atoms with Crippen LogP contribution in [0.2, 0.25) is 5.02 Å². The lowest BCUT2D eigenvalue weighted by molar-refractivity contribution is -0.141. The molecular formula is C14H18ClN3O4. The van der Waals surface area contributed by atoms with Crippen molar-refractivity contribution in [3.8, 4) is 0 Å². The SMILES string of the molecule is CC(C)c1ncc(Cl)c(C(=O)N2CCO[C@@H](CC(=O)O)C2)n1. The van der Waals surface area contributed by atoms with Gasteiger partial charge in [-0.25, -0.2) is 9.97 Å². The Labute approximate surface area is 133 Å². The van der Waals surface area contributed by atoms with Gasteiger partial charge in [0.2, 0.25) is 0 Å². The van der Waals surface area contributed by atoms with Crippen LogP contribution in [-0.4, -0.2) is 57.7 Å². The molecule has 1 aromatic heterocycles. The number of rotatable bonds is 4. The normalized spacial score (nSPS) is 18.5. The van der Waals surface area contributed by atoms with E-state index in [1.165, 1.54) is 11.1 Å². The summed E-state index contributed by atoms with van der Waals surface area (Å²) in [5.41, 5.74) is 0.149. The number of carboxylic acids is 1. The van der Waals surface area contributed by atoms with Gasteiger partial charge in [0.1, 0.15) is 5.82 Å². The Kier molecular flexibility index (Phi) is 5.31. The lowest BCUT2D eigenvalue weighted by Gasteiger charge is -2.32. The van der Waals surface area contributed by atoms with Crippen LogP contribution in [0.25, 0.3) is 0 Å². The highest BCUT2D eigenvalue weighted by Gasteiger charge is 2.28. The van der Waals surface area contributed by atoms with Crippen molar-refractivity contribution >= 4 is 23.5 Å². The first kappa shape index (κ1) is 16.6. The minimum Gasteiger partial charge on any atom is -0.481 e. The summed E-state index contributed by atoms with van der Waals surface area (Å²) < 4.78 is 5.36. The minimum atomic E-state index is -0.957. The zero-order valence-electron chi connectivity index (χ0n) is 12.5. The summed E-state index contributed by atoms with van der Waals surface area (Å²) in [5, 5.41) is 9.01. The Morgan fingerprint density at radius 3 is 2.91 bits per heavy atom. The molecule has 1 N–H and O–H groups in total. The average Bonchev–Trinajstić information content (AvgIpc) is 2.46. The summed E-state index contributed by atoms with van der Waals surface area (Å²) in [6.07, 6.45) is 0.769. The Morgan fingerprint density at radius 2 is 2.27 bits per heavy atom. The quantitative estimate of drug-likeness (QED) is 0.902. The molecule has 0 spiro atoms. The second kappa shape index (κ2) is 7.02. The summed E-state index contributed by atoms with van der Waals surface area (Å²) in [5.74, 6) is -0.661. The van der Waals surface area contributed by atoms with Gasteiger partial charge in [0, 0.05) is 19.0 Å². The molecule has 120 valence electrons. The number of carboxylic acid groups (broad SMARTS) is 1.